The highest BCUT2D eigenvalue weighted by Crippen LogP contribution is 2.11. The van der Waals surface area contributed by atoms with Crippen LogP contribution in [0.4, 0.5) is 0 Å². The minimum absolute atomic E-state index is 0.101. The van der Waals surface area contributed by atoms with Crippen molar-refractivity contribution in [2.75, 3.05) is 13.1 Å². The van der Waals surface area contributed by atoms with Crippen LogP contribution in [0.5, 0.6) is 0 Å². The maximum Gasteiger partial charge on any atom is 0.221 e. The molecule has 0 heterocycles. The molecule has 16 heavy (non-hydrogen) atoms. The summed E-state index contributed by atoms with van der Waals surface area (Å²) in [5, 5.41) is 6.00. The first-order valence-corrected chi connectivity index (χ1v) is 6.23. The molecule has 2 N–H and O–H groups in total. The lowest BCUT2D eigenvalue weighted by atomic mass is 10.2. The van der Waals surface area contributed by atoms with Crippen LogP contribution >= 0.6 is 15.9 Å². The molecular formula is C12H17BrN2O. The molecule has 1 aromatic carbocycles. The van der Waals surface area contributed by atoms with Crippen LogP contribution in [-0.4, -0.2) is 19.0 Å². The zero-order valence-electron chi connectivity index (χ0n) is 9.42. The van der Waals surface area contributed by atoms with Gasteiger partial charge in [-0.25, -0.2) is 0 Å². The van der Waals surface area contributed by atoms with E-state index in [4.69, 9.17) is 0 Å². The van der Waals surface area contributed by atoms with Crippen LogP contribution in [0.3, 0.4) is 0 Å². The van der Waals surface area contributed by atoms with E-state index in [-0.39, 0.29) is 5.91 Å². The summed E-state index contributed by atoms with van der Waals surface area (Å²) in [4.78, 5) is 11.1. The average Bonchev–Trinajstić information content (AvgIpc) is 2.25. The summed E-state index contributed by atoms with van der Waals surface area (Å²) in [6, 6.07) is 8.13. The van der Waals surface area contributed by atoms with E-state index in [2.05, 4.69) is 38.7 Å². The average molecular weight is 285 g/mol. The highest BCUT2D eigenvalue weighted by atomic mass is 79.9. The van der Waals surface area contributed by atoms with Crippen LogP contribution in [0.15, 0.2) is 28.7 Å². The van der Waals surface area contributed by atoms with Gasteiger partial charge < -0.3 is 10.6 Å². The molecule has 1 rings (SSSR count). The maximum absolute atomic E-state index is 11.1. The topological polar surface area (TPSA) is 41.1 Å². The van der Waals surface area contributed by atoms with E-state index in [1.54, 1.807) is 0 Å². The molecule has 1 aromatic rings. The molecule has 0 fully saturated rings. The lowest BCUT2D eigenvalue weighted by molar-refractivity contribution is -0.120. The van der Waals surface area contributed by atoms with E-state index < -0.39 is 0 Å². The predicted molar refractivity (Wildman–Crippen MR) is 69.1 cm³/mol. The molecule has 88 valence electrons. The standard InChI is InChI=1S/C12H17BrN2O/c1-2-15-12(16)6-7-14-9-10-4-3-5-11(13)8-10/h3-5,8,14H,2,6-7,9H2,1H3,(H,15,16). The van der Waals surface area contributed by atoms with Gasteiger partial charge in [0.1, 0.15) is 0 Å². The van der Waals surface area contributed by atoms with Crippen molar-refractivity contribution >= 4 is 21.8 Å². The van der Waals surface area contributed by atoms with E-state index in [0.29, 0.717) is 19.5 Å². The Hall–Kier alpha value is -0.870. The minimum Gasteiger partial charge on any atom is -0.356 e. The van der Waals surface area contributed by atoms with Crippen molar-refractivity contribution in [2.45, 2.75) is 19.9 Å². The van der Waals surface area contributed by atoms with Gasteiger partial charge in [-0.1, -0.05) is 28.1 Å². The van der Waals surface area contributed by atoms with Crippen LogP contribution in [0.2, 0.25) is 0 Å². The normalized spacial score (nSPS) is 10.1. The smallest absolute Gasteiger partial charge is 0.221 e. The van der Waals surface area contributed by atoms with E-state index in [0.717, 1.165) is 11.0 Å². The molecule has 0 aliphatic carbocycles. The molecule has 0 saturated heterocycles. The Labute approximate surface area is 105 Å². The van der Waals surface area contributed by atoms with Crippen LogP contribution < -0.4 is 10.6 Å². The Kier molecular flexibility index (Phi) is 6.11. The van der Waals surface area contributed by atoms with E-state index >= 15 is 0 Å². The number of amides is 1. The van der Waals surface area contributed by atoms with E-state index in [1.807, 2.05) is 19.1 Å². The molecule has 0 saturated carbocycles. The van der Waals surface area contributed by atoms with E-state index in [9.17, 15) is 4.79 Å². The Morgan fingerprint density at radius 1 is 1.44 bits per heavy atom. The predicted octanol–water partition coefficient (Wildman–Crippen LogP) is 2.06. The highest BCUT2D eigenvalue weighted by molar-refractivity contribution is 9.10. The van der Waals surface area contributed by atoms with Crippen molar-refractivity contribution < 1.29 is 4.79 Å². The van der Waals surface area contributed by atoms with Gasteiger partial charge >= 0.3 is 0 Å². The van der Waals surface area contributed by atoms with Gasteiger partial charge in [-0.05, 0) is 24.6 Å². The summed E-state index contributed by atoms with van der Waals surface area (Å²) in [5.41, 5.74) is 1.21. The fraction of sp³-hybridized carbons (Fsp3) is 0.417. The third-order valence-electron chi connectivity index (χ3n) is 2.12. The van der Waals surface area contributed by atoms with Gasteiger partial charge in [-0.15, -0.1) is 0 Å². The molecular weight excluding hydrogens is 268 g/mol. The van der Waals surface area contributed by atoms with Crippen LogP contribution in [0.1, 0.15) is 18.9 Å². The Morgan fingerprint density at radius 3 is 2.94 bits per heavy atom. The summed E-state index contributed by atoms with van der Waals surface area (Å²) in [7, 11) is 0. The lowest BCUT2D eigenvalue weighted by Crippen LogP contribution is -2.27. The maximum atomic E-state index is 11.1. The third-order valence-corrected chi connectivity index (χ3v) is 2.61. The number of rotatable bonds is 6. The summed E-state index contributed by atoms with van der Waals surface area (Å²) in [6.45, 7) is 4.12. The Balaban J connectivity index is 2.18. The summed E-state index contributed by atoms with van der Waals surface area (Å²) in [5.74, 6) is 0.101. The largest absolute Gasteiger partial charge is 0.356 e. The lowest BCUT2D eigenvalue weighted by Gasteiger charge is -2.05. The molecule has 1 amide bonds. The van der Waals surface area contributed by atoms with Crippen LogP contribution in [0, 0.1) is 0 Å². The number of hydrogen-bond donors (Lipinski definition) is 2. The molecule has 0 radical (unpaired) electrons. The first kappa shape index (κ1) is 13.2. The van der Waals surface area contributed by atoms with Gasteiger partial charge in [0.05, 0.1) is 0 Å². The number of hydrogen-bond acceptors (Lipinski definition) is 2. The molecule has 0 spiro atoms. The summed E-state index contributed by atoms with van der Waals surface area (Å²) < 4.78 is 1.08. The number of halogens is 1. The molecule has 0 unspecified atom stereocenters. The van der Waals surface area contributed by atoms with Crippen LogP contribution in [-0.2, 0) is 11.3 Å². The second-order valence-electron chi connectivity index (χ2n) is 3.51. The van der Waals surface area contributed by atoms with Crippen LogP contribution in [0.25, 0.3) is 0 Å². The fourth-order valence-corrected chi connectivity index (χ4v) is 1.81. The minimum atomic E-state index is 0.101. The first-order valence-electron chi connectivity index (χ1n) is 5.44. The molecule has 0 aromatic heterocycles. The summed E-state index contributed by atoms with van der Waals surface area (Å²) in [6.07, 6.45) is 0.530. The number of benzene rings is 1. The fourth-order valence-electron chi connectivity index (χ4n) is 1.37. The zero-order chi connectivity index (χ0) is 11.8. The van der Waals surface area contributed by atoms with Crippen molar-refractivity contribution in [3.05, 3.63) is 34.3 Å². The Morgan fingerprint density at radius 2 is 2.25 bits per heavy atom. The molecule has 0 aliphatic heterocycles. The number of carbonyl (C=O) groups is 1. The van der Waals surface area contributed by atoms with Gasteiger partial charge in [0.25, 0.3) is 0 Å². The molecule has 0 bridgehead atoms. The first-order chi connectivity index (χ1) is 7.72. The molecule has 0 atom stereocenters. The van der Waals surface area contributed by atoms with Gasteiger partial charge in [0, 0.05) is 30.5 Å². The van der Waals surface area contributed by atoms with Crippen molar-refractivity contribution in [3.8, 4) is 0 Å². The second kappa shape index (κ2) is 7.41. The van der Waals surface area contributed by atoms with Gasteiger partial charge in [0.2, 0.25) is 5.91 Å². The molecule has 0 aliphatic rings. The van der Waals surface area contributed by atoms with E-state index in [1.165, 1.54) is 5.56 Å². The van der Waals surface area contributed by atoms with Crippen molar-refractivity contribution in [2.24, 2.45) is 0 Å². The van der Waals surface area contributed by atoms with Gasteiger partial charge in [0.15, 0.2) is 0 Å². The van der Waals surface area contributed by atoms with Crippen molar-refractivity contribution in [1.82, 2.24) is 10.6 Å². The third kappa shape index (κ3) is 5.28. The SMILES string of the molecule is CCNC(=O)CCNCc1cccc(Br)c1. The second-order valence-corrected chi connectivity index (χ2v) is 4.43. The number of carbonyl (C=O) groups excluding carboxylic acids is 1. The zero-order valence-corrected chi connectivity index (χ0v) is 11.0. The molecule has 3 nitrogen and oxygen atoms in total. The number of nitrogens with one attached hydrogen (secondary N) is 2. The van der Waals surface area contributed by atoms with Gasteiger partial charge in [-0.3, -0.25) is 4.79 Å². The summed E-state index contributed by atoms with van der Waals surface area (Å²) >= 11 is 3.42. The quantitative estimate of drug-likeness (QED) is 0.786. The molecule has 4 heteroatoms. The highest BCUT2D eigenvalue weighted by Gasteiger charge is 1.98. The van der Waals surface area contributed by atoms with Gasteiger partial charge in [-0.2, -0.15) is 0 Å². The van der Waals surface area contributed by atoms with Crippen molar-refractivity contribution in [3.63, 3.8) is 0 Å². The monoisotopic (exact) mass is 284 g/mol. The van der Waals surface area contributed by atoms with Crippen molar-refractivity contribution in [1.29, 1.82) is 0 Å². The Bertz CT molecular complexity index is 342.